The van der Waals surface area contributed by atoms with Crippen LogP contribution in [0.3, 0.4) is 0 Å². The molecule has 8 heteroatoms. The molecule has 0 saturated heterocycles. The molecule has 0 aliphatic heterocycles. The molecule has 1 atom stereocenters. The minimum absolute atomic E-state index is 0.0907. The molecule has 1 unspecified atom stereocenters. The number of hydrogen-bond acceptors (Lipinski definition) is 6. The highest BCUT2D eigenvalue weighted by atomic mass is 32.2. The second-order valence-electron chi connectivity index (χ2n) is 7.42. The standard InChI is InChI=1S/C23H28N4O3S/c1-15(2)27-22(17(4)30-20-9-7-6-8-19(20)29-5)25-26-23(27)31-14-21(28)24-18-12-10-16(3)11-13-18/h6-13,15,17H,14H2,1-5H3,(H,24,28). The van der Waals surface area contributed by atoms with Gasteiger partial charge in [0.05, 0.1) is 12.9 Å². The molecule has 7 nitrogen and oxygen atoms in total. The second kappa shape index (κ2) is 10.3. The number of methoxy groups -OCH3 is 1. The van der Waals surface area contributed by atoms with E-state index in [1.807, 2.05) is 66.9 Å². The van der Waals surface area contributed by atoms with Gasteiger partial charge in [0.25, 0.3) is 0 Å². The van der Waals surface area contributed by atoms with Gasteiger partial charge in [-0.15, -0.1) is 10.2 Å². The number of aromatic nitrogens is 3. The Balaban J connectivity index is 1.69. The predicted molar refractivity (Wildman–Crippen MR) is 123 cm³/mol. The summed E-state index contributed by atoms with van der Waals surface area (Å²) >= 11 is 1.36. The van der Waals surface area contributed by atoms with Gasteiger partial charge in [-0.1, -0.05) is 41.6 Å². The van der Waals surface area contributed by atoms with Crippen LogP contribution in [0.5, 0.6) is 11.5 Å². The first-order valence-corrected chi connectivity index (χ1v) is 11.1. The summed E-state index contributed by atoms with van der Waals surface area (Å²) in [5, 5.41) is 12.3. The van der Waals surface area contributed by atoms with E-state index in [2.05, 4.69) is 29.4 Å². The summed E-state index contributed by atoms with van der Waals surface area (Å²) < 4.78 is 13.5. The smallest absolute Gasteiger partial charge is 0.234 e. The van der Waals surface area contributed by atoms with E-state index in [4.69, 9.17) is 9.47 Å². The third kappa shape index (κ3) is 5.79. The summed E-state index contributed by atoms with van der Waals surface area (Å²) in [5.74, 6) is 2.14. The number of para-hydroxylation sites is 2. The van der Waals surface area contributed by atoms with Crippen LogP contribution in [0.25, 0.3) is 0 Å². The Morgan fingerprint density at radius 3 is 2.39 bits per heavy atom. The molecule has 1 N–H and O–H groups in total. The quantitative estimate of drug-likeness (QED) is 0.469. The van der Waals surface area contributed by atoms with Gasteiger partial charge < -0.3 is 19.4 Å². The fraction of sp³-hybridized carbons (Fsp3) is 0.348. The SMILES string of the molecule is COc1ccccc1OC(C)c1nnc(SCC(=O)Nc2ccc(C)cc2)n1C(C)C. The molecule has 3 rings (SSSR count). The number of nitrogens with zero attached hydrogens (tertiary/aromatic N) is 3. The van der Waals surface area contributed by atoms with Crippen molar-refractivity contribution in [3.63, 3.8) is 0 Å². The first-order valence-electron chi connectivity index (χ1n) is 10.1. The molecular formula is C23H28N4O3S. The van der Waals surface area contributed by atoms with Crippen LogP contribution in [0.4, 0.5) is 5.69 Å². The van der Waals surface area contributed by atoms with Gasteiger partial charge in [0.1, 0.15) is 0 Å². The lowest BCUT2D eigenvalue weighted by Gasteiger charge is -2.19. The van der Waals surface area contributed by atoms with Gasteiger partial charge in [-0.05, 0) is 52.0 Å². The zero-order valence-corrected chi connectivity index (χ0v) is 19.3. The third-order valence-corrected chi connectivity index (χ3v) is 5.55. The number of carbonyl (C=O) groups excluding carboxylic acids is 1. The third-order valence-electron chi connectivity index (χ3n) is 4.61. The Morgan fingerprint density at radius 1 is 1.06 bits per heavy atom. The van der Waals surface area contributed by atoms with Crippen molar-refractivity contribution in [3.05, 3.63) is 59.9 Å². The van der Waals surface area contributed by atoms with Crippen molar-refractivity contribution in [2.24, 2.45) is 0 Å². The lowest BCUT2D eigenvalue weighted by molar-refractivity contribution is -0.113. The Morgan fingerprint density at radius 2 is 1.74 bits per heavy atom. The number of anilines is 1. The number of rotatable bonds is 9. The van der Waals surface area contributed by atoms with Crippen molar-refractivity contribution in [2.75, 3.05) is 18.2 Å². The van der Waals surface area contributed by atoms with E-state index in [0.29, 0.717) is 22.5 Å². The van der Waals surface area contributed by atoms with Gasteiger partial charge in [-0.25, -0.2) is 0 Å². The highest BCUT2D eigenvalue weighted by Gasteiger charge is 2.23. The summed E-state index contributed by atoms with van der Waals surface area (Å²) in [6, 6.07) is 15.3. The Kier molecular flexibility index (Phi) is 7.57. The molecule has 1 aromatic heterocycles. The lowest BCUT2D eigenvalue weighted by atomic mass is 10.2. The molecule has 0 aliphatic rings. The minimum Gasteiger partial charge on any atom is -0.493 e. The molecule has 0 fully saturated rings. The van der Waals surface area contributed by atoms with Crippen molar-refractivity contribution >= 4 is 23.4 Å². The maximum absolute atomic E-state index is 12.4. The fourth-order valence-electron chi connectivity index (χ4n) is 3.07. The molecule has 31 heavy (non-hydrogen) atoms. The number of amides is 1. The van der Waals surface area contributed by atoms with Crippen molar-refractivity contribution in [2.45, 2.75) is 45.0 Å². The number of hydrogen-bond donors (Lipinski definition) is 1. The fourth-order valence-corrected chi connectivity index (χ4v) is 3.95. The van der Waals surface area contributed by atoms with Gasteiger partial charge in [0.15, 0.2) is 28.6 Å². The molecule has 1 amide bonds. The molecule has 0 spiro atoms. The van der Waals surface area contributed by atoms with Gasteiger partial charge in [0.2, 0.25) is 5.91 Å². The maximum Gasteiger partial charge on any atom is 0.234 e. The van der Waals surface area contributed by atoms with Crippen LogP contribution in [0.1, 0.15) is 44.3 Å². The van der Waals surface area contributed by atoms with E-state index in [1.165, 1.54) is 11.8 Å². The van der Waals surface area contributed by atoms with E-state index >= 15 is 0 Å². The highest BCUT2D eigenvalue weighted by molar-refractivity contribution is 7.99. The van der Waals surface area contributed by atoms with Crippen molar-refractivity contribution in [1.29, 1.82) is 0 Å². The molecule has 1 heterocycles. The average Bonchev–Trinajstić information content (AvgIpc) is 3.19. The summed E-state index contributed by atoms with van der Waals surface area (Å²) in [6.07, 6.45) is -0.345. The second-order valence-corrected chi connectivity index (χ2v) is 8.36. The van der Waals surface area contributed by atoms with Crippen LogP contribution >= 0.6 is 11.8 Å². The van der Waals surface area contributed by atoms with E-state index in [9.17, 15) is 4.79 Å². The molecular weight excluding hydrogens is 412 g/mol. The molecule has 3 aromatic rings. The molecule has 0 aliphatic carbocycles. The van der Waals surface area contributed by atoms with Crippen LogP contribution in [-0.2, 0) is 4.79 Å². The van der Waals surface area contributed by atoms with E-state index < -0.39 is 0 Å². The number of aryl methyl sites for hydroxylation is 1. The highest BCUT2D eigenvalue weighted by Crippen LogP contribution is 2.32. The molecule has 0 saturated carbocycles. The zero-order chi connectivity index (χ0) is 22.4. The molecule has 2 aromatic carbocycles. The van der Waals surface area contributed by atoms with E-state index in [-0.39, 0.29) is 23.8 Å². The molecule has 164 valence electrons. The Labute approximate surface area is 187 Å². The lowest BCUT2D eigenvalue weighted by Crippen LogP contribution is -2.16. The Bertz CT molecular complexity index is 1020. The van der Waals surface area contributed by atoms with Gasteiger partial charge in [-0.3, -0.25) is 4.79 Å². The van der Waals surface area contributed by atoms with Crippen LogP contribution < -0.4 is 14.8 Å². The average molecular weight is 441 g/mol. The Hall–Kier alpha value is -3.00. The largest absolute Gasteiger partial charge is 0.493 e. The summed E-state index contributed by atoms with van der Waals surface area (Å²) in [5.41, 5.74) is 1.93. The van der Waals surface area contributed by atoms with Gasteiger partial charge >= 0.3 is 0 Å². The normalized spacial score (nSPS) is 11.9. The molecule has 0 radical (unpaired) electrons. The number of thioether (sulfide) groups is 1. The first-order chi connectivity index (χ1) is 14.9. The van der Waals surface area contributed by atoms with Crippen molar-refractivity contribution in [1.82, 2.24) is 14.8 Å². The number of carbonyl (C=O) groups is 1. The predicted octanol–water partition coefficient (Wildman–Crippen LogP) is 5.05. The van der Waals surface area contributed by atoms with Crippen molar-refractivity contribution in [3.8, 4) is 11.5 Å². The van der Waals surface area contributed by atoms with Gasteiger partial charge in [0, 0.05) is 11.7 Å². The summed E-state index contributed by atoms with van der Waals surface area (Å²) in [4.78, 5) is 12.4. The summed E-state index contributed by atoms with van der Waals surface area (Å²) in [6.45, 7) is 8.04. The monoisotopic (exact) mass is 440 g/mol. The van der Waals surface area contributed by atoms with E-state index in [1.54, 1.807) is 7.11 Å². The van der Waals surface area contributed by atoms with Crippen LogP contribution in [-0.4, -0.2) is 33.5 Å². The summed E-state index contributed by atoms with van der Waals surface area (Å²) in [7, 11) is 1.61. The topological polar surface area (TPSA) is 78.3 Å². The van der Waals surface area contributed by atoms with Crippen molar-refractivity contribution < 1.29 is 14.3 Å². The maximum atomic E-state index is 12.4. The molecule has 0 bridgehead atoms. The van der Waals surface area contributed by atoms with Gasteiger partial charge in [-0.2, -0.15) is 0 Å². The van der Waals surface area contributed by atoms with Crippen LogP contribution in [0.2, 0.25) is 0 Å². The number of benzene rings is 2. The van der Waals surface area contributed by atoms with Crippen LogP contribution in [0, 0.1) is 6.92 Å². The number of nitrogens with one attached hydrogen (secondary N) is 1. The van der Waals surface area contributed by atoms with E-state index in [0.717, 1.165) is 11.3 Å². The number of ether oxygens (including phenoxy) is 2. The minimum atomic E-state index is -0.345. The first kappa shape index (κ1) is 22.7. The zero-order valence-electron chi connectivity index (χ0n) is 18.5. The van der Waals surface area contributed by atoms with Crippen LogP contribution in [0.15, 0.2) is 53.7 Å².